The number of esters is 1. The second-order valence-electron chi connectivity index (χ2n) is 8.49. The van der Waals surface area contributed by atoms with E-state index in [0.29, 0.717) is 5.56 Å². The third kappa shape index (κ3) is 7.72. The van der Waals surface area contributed by atoms with Crippen molar-refractivity contribution >= 4 is 117 Å². The molecule has 1 aromatic rings. The number of alkyl carbamates (subject to hydrolysis) is 1. The summed E-state index contributed by atoms with van der Waals surface area (Å²) < 4.78 is 5.34. The Morgan fingerprint density at radius 2 is 1.63 bits per heavy atom. The van der Waals surface area contributed by atoms with Crippen LogP contribution in [0, 0.1) is 0 Å². The van der Waals surface area contributed by atoms with E-state index in [0.717, 1.165) is 0 Å². The molecule has 2 heterocycles. The molecule has 2 aliphatic rings. The van der Waals surface area contributed by atoms with E-state index < -0.39 is 72.9 Å². The van der Waals surface area contributed by atoms with E-state index in [1.165, 1.54) is 16.7 Å². The van der Waals surface area contributed by atoms with Gasteiger partial charge in [0.1, 0.15) is 36.7 Å². The molecule has 5 atom stereocenters. The van der Waals surface area contributed by atoms with Gasteiger partial charge in [0.25, 0.3) is 0 Å². The van der Waals surface area contributed by atoms with Crippen molar-refractivity contribution in [2.24, 2.45) is 0 Å². The van der Waals surface area contributed by atoms with E-state index in [9.17, 15) is 19.2 Å². The van der Waals surface area contributed by atoms with Gasteiger partial charge in [-0.25, -0.2) is 9.59 Å². The molecular formula is C21H20Cl7N3O6S. The van der Waals surface area contributed by atoms with Crippen molar-refractivity contribution in [1.82, 2.24) is 15.5 Å². The van der Waals surface area contributed by atoms with Gasteiger partial charge in [-0.15, -0.1) is 23.4 Å². The summed E-state index contributed by atoms with van der Waals surface area (Å²) in [6, 6.07) is 4.88. The van der Waals surface area contributed by atoms with Gasteiger partial charge in [0.15, 0.2) is 0 Å². The third-order valence-electron chi connectivity index (χ3n) is 5.52. The maximum Gasteiger partial charge on any atom is 0.408 e. The maximum atomic E-state index is 13.3. The Morgan fingerprint density at radius 1 is 1.05 bits per heavy atom. The highest BCUT2D eigenvalue weighted by molar-refractivity contribution is 8.01. The minimum atomic E-state index is -1.85. The summed E-state index contributed by atoms with van der Waals surface area (Å²) in [5.74, 6) is -2.08. The molecule has 0 aromatic heterocycles. The quantitative estimate of drug-likeness (QED) is 0.235. The first kappa shape index (κ1) is 31.8. The first-order valence-electron chi connectivity index (χ1n) is 10.7. The molecule has 0 bridgehead atoms. The number of amides is 3. The molecule has 0 aliphatic carbocycles. The van der Waals surface area contributed by atoms with Gasteiger partial charge in [0.2, 0.25) is 19.4 Å². The SMILES string of the molecule is CC1(CCl)S[C@@H]2C(NC(=O)C(NC(=O)OCC(Cl)(Cl)Cl)c3ccccc3)C(=O)N2C1C(=O)OCC(Cl)(Cl)Cl. The lowest BCUT2D eigenvalue weighted by Gasteiger charge is -2.44. The van der Waals surface area contributed by atoms with Crippen LogP contribution in [0.2, 0.25) is 0 Å². The van der Waals surface area contributed by atoms with Crippen molar-refractivity contribution < 1.29 is 28.7 Å². The van der Waals surface area contributed by atoms with Crippen molar-refractivity contribution in [1.29, 1.82) is 0 Å². The topological polar surface area (TPSA) is 114 Å². The molecule has 2 aliphatic heterocycles. The summed E-state index contributed by atoms with van der Waals surface area (Å²) in [5.41, 5.74) is 0.400. The Kier molecular flexibility index (Phi) is 10.4. The Hall–Kier alpha value is -0.720. The molecule has 0 saturated carbocycles. The predicted octanol–water partition coefficient (Wildman–Crippen LogP) is 4.50. The summed E-state index contributed by atoms with van der Waals surface area (Å²) in [4.78, 5) is 52.8. The number of carbonyl (C=O) groups excluding carboxylic acids is 4. The second-order valence-corrected chi connectivity index (χ2v) is 15.4. The average molecular weight is 691 g/mol. The molecular weight excluding hydrogens is 670 g/mol. The number of thioether (sulfide) groups is 1. The highest BCUT2D eigenvalue weighted by atomic mass is 35.6. The normalized spacial score (nSPS) is 25.6. The van der Waals surface area contributed by atoms with Crippen LogP contribution in [0.1, 0.15) is 18.5 Å². The summed E-state index contributed by atoms with van der Waals surface area (Å²) in [6.45, 7) is 0.598. The zero-order valence-electron chi connectivity index (χ0n) is 19.3. The largest absolute Gasteiger partial charge is 0.460 e. The highest BCUT2D eigenvalue weighted by Crippen LogP contribution is 2.52. The molecule has 3 amide bonds. The second kappa shape index (κ2) is 12.4. The van der Waals surface area contributed by atoms with Crippen LogP contribution in [0.4, 0.5) is 4.79 Å². The number of hydrogen-bond acceptors (Lipinski definition) is 7. The molecule has 210 valence electrons. The zero-order valence-corrected chi connectivity index (χ0v) is 25.4. The minimum Gasteiger partial charge on any atom is -0.460 e. The summed E-state index contributed by atoms with van der Waals surface area (Å²) >= 11 is 41.2. The first-order chi connectivity index (χ1) is 17.6. The Bertz CT molecular complexity index is 1070. The Morgan fingerprint density at radius 3 is 2.18 bits per heavy atom. The van der Waals surface area contributed by atoms with E-state index in [-0.39, 0.29) is 5.88 Å². The third-order valence-corrected chi connectivity index (χ3v) is 8.53. The van der Waals surface area contributed by atoms with Crippen LogP contribution in [0.25, 0.3) is 0 Å². The van der Waals surface area contributed by atoms with Gasteiger partial charge in [-0.3, -0.25) is 9.59 Å². The number of benzene rings is 1. The van der Waals surface area contributed by atoms with Crippen molar-refractivity contribution in [3.05, 3.63) is 35.9 Å². The van der Waals surface area contributed by atoms with Gasteiger partial charge in [-0.1, -0.05) is 99.9 Å². The number of rotatable bonds is 8. The number of nitrogens with one attached hydrogen (secondary N) is 2. The monoisotopic (exact) mass is 687 g/mol. The number of carbonyl (C=O) groups is 4. The predicted molar refractivity (Wildman–Crippen MR) is 148 cm³/mol. The lowest BCUT2D eigenvalue weighted by molar-refractivity contribution is -0.164. The van der Waals surface area contributed by atoms with Gasteiger partial charge in [0.05, 0.1) is 4.75 Å². The van der Waals surface area contributed by atoms with Crippen LogP contribution in [0.15, 0.2) is 30.3 Å². The summed E-state index contributed by atoms with van der Waals surface area (Å²) in [7, 11) is 0. The molecule has 1 aromatic carbocycles. The number of β-lactam (4-membered cyclic amide) rings is 1. The Labute approximate surface area is 257 Å². The summed E-state index contributed by atoms with van der Waals surface area (Å²) in [6.07, 6.45) is -1.02. The molecule has 17 heteroatoms. The van der Waals surface area contributed by atoms with Gasteiger partial charge >= 0.3 is 12.1 Å². The fraction of sp³-hybridized carbons (Fsp3) is 0.524. The lowest BCUT2D eigenvalue weighted by Crippen LogP contribution is -2.71. The standard InChI is InChI=1S/C21H20Cl7N3O6S/c1-19(7-22)13(17(34)36-8-20(23,24)25)31-15(33)12(16(31)38-19)29-14(32)11(10-5-3-2-4-6-10)30-18(35)37-9-21(26,27)28/h2-6,11-13,16H,7-9H2,1H3,(H,29,32)(H,30,35)/t11?,12?,13?,16-,19?/m1/s1. The molecule has 38 heavy (non-hydrogen) atoms. The Balaban J connectivity index is 1.74. The minimum absolute atomic E-state index is 0.0185. The molecule has 3 rings (SSSR count). The zero-order chi connectivity index (χ0) is 28.5. The van der Waals surface area contributed by atoms with E-state index in [1.807, 2.05) is 0 Å². The molecule has 9 nitrogen and oxygen atoms in total. The van der Waals surface area contributed by atoms with Gasteiger partial charge < -0.3 is 25.0 Å². The van der Waals surface area contributed by atoms with Gasteiger partial charge in [-0.2, -0.15) is 0 Å². The average Bonchev–Trinajstić information content (AvgIpc) is 3.12. The van der Waals surface area contributed by atoms with Crippen LogP contribution in [-0.4, -0.2) is 77.7 Å². The van der Waals surface area contributed by atoms with Crippen LogP contribution in [0.3, 0.4) is 0 Å². The van der Waals surface area contributed by atoms with Crippen LogP contribution in [0.5, 0.6) is 0 Å². The van der Waals surface area contributed by atoms with Gasteiger partial charge in [0, 0.05) is 5.88 Å². The highest BCUT2D eigenvalue weighted by Gasteiger charge is 2.66. The molecule has 2 N–H and O–H groups in total. The number of alkyl halides is 7. The van der Waals surface area contributed by atoms with Crippen molar-refractivity contribution in [2.75, 3.05) is 19.1 Å². The number of nitrogens with zero attached hydrogens (tertiary/aromatic N) is 1. The van der Waals surface area contributed by atoms with E-state index in [1.54, 1.807) is 37.3 Å². The van der Waals surface area contributed by atoms with Crippen LogP contribution >= 0.6 is 93.0 Å². The number of halogens is 7. The number of ether oxygens (including phenoxy) is 2. The molecule has 2 fully saturated rings. The van der Waals surface area contributed by atoms with Crippen LogP contribution in [-0.2, 0) is 23.9 Å². The van der Waals surface area contributed by atoms with Crippen molar-refractivity contribution in [2.45, 2.75) is 42.8 Å². The molecule has 0 spiro atoms. The van der Waals surface area contributed by atoms with Crippen LogP contribution < -0.4 is 10.6 Å². The number of fused-ring (bicyclic) bond motifs is 1. The fourth-order valence-electron chi connectivity index (χ4n) is 3.84. The maximum absolute atomic E-state index is 13.3. The van der Waals surface area contributed by atoms with E-state index in [4.69, 9.17) is 90.7 Å². The summed E-state index contributed by atoms with van der Waals surface area (Å²) in [5, 5.41) is 4.39. The van der Waals surface area contributed by atoms with Crippen molar-refractivity contribution in [3.63, 3.8) is 0 Å². The lowest BCUT2D eigenvalue weighted by atomic mass is 9.95. The smallest absolute Gasteiger partial charge is 0.408 e. The van der Waals surface area contributed by atoms with E-state index >= 15 is 0 Å². The van der Waals surface area contributed by atoms with Crippen molar-refractivity contribution in [3.8, 4) is 0 Å². The van der Waals surface area contributed by atoms with E-state index in [2.05, 4.69) is 10.6 Å². The molecule has 0 radical (unpaired) electrons. The first-order valence-corrected chi connectivity index (χ1v) is 14.4. The molecule has 2 saturated heterocycles. The van der Waals surface area contributed by atoms with Gasteiger partial charge in [-0.05, 0) is 12.5 Å². The fourth-order valence-corrected chi connectivity index (χ4v) is 6.12. The molecule has 4 unspecified atom stereocenters. The number of hydrogen-bond donors (Lipinski definition) is 2.